The van der Waals surface area contributed by atoms with Gasteiger partial charge >= 0.3 is 0 Å². The summed E-state index contributed by atoms with van der Waals surface area (Å²) in [5.74, 6) is -0.0308. The number of nitrogen functional groups attached to an aromatic ring is 1. The van der Waals surface area contributed by atoms with Crippen molar-refractivity contribution in [2.75, 3.05) is 30.3 Å². The van der Waals surface area contributed by atoms with Gasteiger partial charge in [-0.3, -0.25) is 4.79 Å². The summed E-state index contributed by atoms with van der Waals surface area (Å²) >= 11 is 1.25. The molecule has 1 amide bonds. The average molecular weight is 488 g/mol. The van der Waals surface area contributed by atoms with Crippen molar-refractivity contribution < 1.29 is 14.3 Å². The van der Waals surface area contributed by atoms with Crippen LogP contribution in [0.3, 0.4) is 0 Å². The number of primary amides is 1. The van der Waals surface area contributed by atoms with Crippen molar-refractivity contribution in [1.82, 2.24) is 10.3 Å². The number of halogens is 1. The molecule has 184 valence electrons. The molecule has 6 N–H and O–H groups in total. The predicted molar refractivity (Wildman–Crippen MR) is 138 cm³/mol. The number of aryl methyl sites for hydroxylation is 1. The zero-order chi connectivity index (χ0) is 23.5. The van der Waals surface area contributed by atoms with E-state index in [1.165, 1.54) is 17.4 Å². The number of aliphatic hydroxyl groups is 1. The molecule has 4 rings (SSSR count). The third-order valence-electron chi connectivity index (χ3n) is 6.19. The molecular formula is C25H34FN5O2S. The number of hydrogen-bond acceptors (Lipinski definition) is 7. The lowest BCUT2D eigenvalue weighted by Gasteiger charge is -2.34. The van der Waals surface area contributed by atoms with Gasteiger partial charge in [0.1, 0.15) is 21.3 Å². The van der Waals surface area contributed by atoms with E-state index in [0.29, 0.717) is 22.7 Å². The first-order valence-electron chi connectivity index (χ1n) is 11.3. The molecule has 1 unspecified atom stereocenters. The molecule has 1 saturated heterocycles. The first-order chi connectivity index (χ1) is 15.9. The number of nitrogens with one attached hydrogen (secondary N) is 1. The van der Waals surface area contributed by atoms with Gasteiger partial charge in [-0.1, -0.05) is 39.0 Å². The Morgan fingerprint density at radius 2 is 2.06 bits per heavy atom. The number of amides is 1. The molecule has 1 aromatic carbocycles. The van der Waals surface area contributed by atoms with Gasteiger partial charge < -0.3 is 26.8 Å². The second-order valence-electron chi connectivity index (χ2n) is 8.49. The molecule has 3 aromatic rings. The van der Waals surface area contributed by atoms with Gasteiger partial charge in [-0.15, -0.1) is 11.3 Å². The molecule has 2 aromatic heterocycles. The molecule has 7 nitrogen and oxygen atoms in total. The Hall–Kier alpha value is -2.75. The maximum atomic E-state index is 13.9. The van der Waals surface area contributed by atoms with Gasteiger partial charge in [-0.25, -0.2) is 9.37 Å². The van der Waals surface area contributed by atoms with Crippen molar-refractivity contribution in [3.8, 4) is 0 Å². The highest BCUT2D eigenvalue weighted by Gasteiger charge is 2.24. The van der Waals surface area contributed by atoms with Crippen LogP contribution in [0.5, 0.6) is 0 Å². The zero-order valence-corrected chi connectivity index (χ0v) is 19.5. The number of aliphatic hydroxyl groups excluding tert-OH is 1. The van der Waals surface area contributed by atoms with Gasteiger partial charge in [-0.2, -0.15) is 0 Å². The standard InChI is InChI=1S/C24H30FN5O2S.CH4/c1-2-5-14-12-19(29-24-20(14)21(26)22(33-24)23(27)32)30-10-8-15(9-11-30)28-13-18(31)16-6-3-4-7-17(16)25;/h3-4,6-7,12,15,18,28,31H,2,5,8-11,13,26H2,1H3,(H2,27,32);1H4. The van der Waals surface area contributed by atoms with Crippen LogP contribution in [-0.2, 0) is 6.42 Å². The van der Waals surface area contributed by atoms with Crippen LogP contribution in [0, 0.1) is 5.82 Å². The van der Waals surface area contributed by atoms with Gasteiger partial charge in [0, 0.05) is 36.6 Å². The highest BCUT2D eigenvalue weighted by Crippen LogP contribution is 2.37. The molecule has 3 heterocycles. The summed E-state index contributed by atoms with van der Waals surface area (Å²) in [7, 11) is 0. The number of fused-ring (bicyclic) bond motifs is 1. The van der Waals surface area contributed by atoms with Crippen molar-refractivity contribution in [1.29, 1.82) is 0 Å². The lowest BCUT2D eigenvalue weighted by atomic mass is 10.0. The number of pyridine rings is 1. The van der Waals surface area contributed by atoms with E-state index in [-0.39, 0.29) is 19.3 Å². The van der Waals surface area contributed by atoms with Crippen LogP contribution in [0.2, 0.25) is 0 Å². The fraction of sp³-hybridized carbons (Fsp3) is 0.440. The van der Waals surface area contributed by atoms with Crippen molar-refractivity contribution in [3.63, 3.8) is 0 Å². The first-order valence-corrected chi connectivity index (χ1v) is 12.1. The van der Waals surface area contributed by atoms with Crippen LogP contribution in [-0.4, -0.2) is 41.7 Å². The number of piperidine rings is 1. The summed E-state index contributed by atoms with van der Waals surface area (Å²) in [4.78, 5) is 19.9. The second-order valence-corrected chi connectivity index (χ2v) is 9.48. The fourth-order valence-electron chi connectivity index (χ4n) is 4.44. The molecule has 34 heavy (non-hydrogen) atoms. The van der Waals surface area contributed by atoms with Gasteiger partial charge in [-0.05, 0) is 37.0 Å². The summed E-state index contributed by atoms with van der Waals surface area (Å²) in [6, 6.07) is 8.63. The Morgan fingerprint density at radius 3 is 2.71 bits per heavy atom. The number of aromatic nitrogens is 1. The molecule has 0 saturated carbocycles. The van der Waals surface area contributed by atoms with E-state index in [1.54, 1.807) is 18.2 Å². The minimum absolute atomic E-state index is 0. The Labute approximate surface area is 204 Å². The Kier molecular flexibility index (Phi) is 8.46. The summed E-state index contributed by atoms with van der Waals surface area (Å²) in [6.07, 6.45) is 2.68. The molecule has 1 aliphatic heterocycles. The Bertz CT molecular complexity index is 1140. The van der Waals surface area contributed by atoms with Crippen molar-refractivity contribution >= 4 is 39.0 Å². The third kappa shape index (κ3) is 5.32. The number of carbonyl (C=O) groups excluding carboxylic acids is 1. The summed E-state index contributed by atoms with van der Waals surface area (Å²) in [5.41, 5.74) is 13.6. The number of anilines is 2. The number of benzene rings is 1. The van der Waals surface area contributed by atoms with Gasteiger partial charge in [0.25, 0.3) is 5.91 Å². The largest absolute Gasteiger partial charge is 0.397 e. The maximum absolute atomic E-state index is 13.9. The van der Waals surface area contributed by atoms with E-state index in [0.717, 1.165) is 60.4 Å². The monoisotopic (exact) mass is 487 g/mol. The molecule has 0 radical (unpaired) electrons. The summed E-state index contributed by atoms with van der Waals surface area (Å²) < 4.78 is 13.9. The lowest BCUT2D eigenvalue weighted by Crippen LogP contribution is -2.44. The summed E-state index contributed by atoms with van der Waals surface area (Å²) in [5, 5.41) is 14.6. The van der Waals surface area contributed by atoms with E-state index in [9.17, 15) is 14.3 Å². The van der Waals surface area contributed by atoms with Crippen molar-refractivity contribution in [3.05, 3.63) is 52.2 Å². The van der Waals surface area contributed by atoms with Crippen LogP contribution in [0.25, 0.3) is 10.2 Å². The van der Waals surface area contributed by atoms with Gasteiger partial charge in [0.2, 0.25) is 0 Å². The molecule has 1 aliphatic rings. The topological polar surface area (TPSA) is 117 Å². The van der Waals surface area contributed by atoms with Crippen LogP contribution >= 0.6 is 11.3 Å². The number of carbonyl (C=O) groups is 1. The van der Waals surface area contributed by atoms with Crippen LogP contribution in [0.4, 0.5) is 15.9 Å². The quantitative estimate of drug-likeness (QED) is 0.382. The number of hydrogen-bond donors (Lipinski definition) is 4. The molecule has 0 spiro atoms. The Morgan fingerprint density at radius 1 is 1.35 bits per heavy atom. The van der Waals surface area contributed by atoms with E-state index in [2.05, 4.69) is 23.2 Å². The second kappa shape index (κ2) is 11.1. The highest BCUT2D eigenvalue weighted by atomic mass is 32.1. The molecule has 9 heteroatoms. The zero-order valence-electron chi connectivity index (χ0n) is 18.7. The van der Waals surface area contributed by atoms with Gasteiger partial charge in [0.15, 0.2) is 0 Å². The van der Waals surface area contributed by atoms with E-state index >= 15 is 0 Å². The summed E-state index contributed by atoms with van der Waals surface area (Å²) in [6.45, 7) is 4.03. The molecule has 0 aliphatic carbocycles. The molecule has 0 bridgehead atoms. The van der Waals surface area contributed by atoms with Crippen molar-refractivity contribution in [2.45, 2.75) is 52.2 Å². The molecular weight excluding hydrogens is 453 g/mol. The van der Waals surface area contributed by atoms with Crippen molar-refractivity contribution in [2.24, 2.45) is 5.73 Å². The minimum atomic E-state index is -0.881. The predicted octanol–water partition coefficient (Wildman–Crippen LogP) is 4.00. The first kappa shape index (κ1) is 25.9. The smallest absolute Gasteiger partial charge is 0.260 e. The van der Waals surface area contributed by atoms with Crippen LogP contribution < -0.4 is 21.7 Å². The SMILES string of the molecule is C.CCCc1cc(N2CCC(NCC(O)c3ccccc3F)CC2)nc2sc(C(N)=O)c(N)c12. The third-order valence-corrected chi connectivity index (χ3v) is 7.31. The van der Waals surface area contributed by atoms with E-state index in [4.69, 9.17) is 16.5 Å². The molecule has 1 fully saturated rings. The number of nitrogens with zero attached hydrogens (tertiary/aromatic N) is 2. The van der Waals surface area contributed by atoms with Crippen LogP contribution in [0.15, 0.2) is 30.3 Å². The number of rotatable bonds is 8. The lowest BCUT2D eigenvalue weighted by molar-refractivity contribution is 0.100. The van der Waals surface area contributed by atoms with Gasteiger partial charge in [0.05, 0.1) is 11.8 Å². The van der Waals surface area contributed by atoms with E-state index < -0.39 is 12.0 Å². The fourth-order valence-corrected chi connectivity index (χ4v) is 5.43. The highest BCUT2D eigenvalue weighted by molar-refractivity contribution is 7.21. The minimum Gasteiger partial charge on any atom is -0.397 e. The number of nitrogens with two attached hydrogens (primary N) is 2. The van der Waals surface area contributed by atoms with Crippen LogP contribution in [0.1, 0.15) is 60.5 Å². The maximum Gasteiger partial charge on any atom is 0.260 e. The molecule has 1 atom stereocenters. The normalized spacial score (nSPS) is 15.3. The van der Waals surface area contributed by atoms with E-state index in [1.807, 2.05) is 0 Å². The average Bonchev–Trinajstić information content (AvgIpc) is 3.15. The number of thiophene rings is 1. The Balaban J connectivity index is 0.00000324.